The van der Waals surface area contributed by atoms with E-state index in [0.29, 0.717) is 18.7 Å². The van der Waals surface area contributed by atoms with Crippen molar-refractivity contribution in [2.75, 3.05) is 18.4 Å². The summed E-state index contributed by atoms with van der Waals surface area (Å²) in [6.07, 6.45) is 3.23. The van der Waals surface area contributed by atoms with Crippen LogP contribution in [0.15, 0.2) is 41.8 Å². The zero-order valence-electron chi connectivity index (χ0n) is 10.5. The van der Waals surface area contributed by atoms with Crippen LogP contribution in [-0.2, 0) is 21.2 Å². The Morgan fingerprint density at radius 1 is 1.37 bits per heavy atom. The number of ether oxygens (including phenoxy) is 1. The minimum absolute atomic E-state index is 0.0362. The molecule has 0 fully saturated rings. The van der Waals surface area contributed by atoms with E-state index in [-0.39, 0.29) is 5.03 Å². The minimum atomic E-state index is -3.63. The smallest absolute Gasteiger partial charge is 0.278 e. The highest BCUT2D eigenvalue weighted by molar-refractivity contribution is 7.92. The zero-order chi connectivity index (χ0) is 13.7. The van der Waals surface area contributed by atoms with E-state index in [1.807, 2.05) is 12.1 Å². The number of para-hydroxylation sites is 1. The second kappa shape index (κ2) is 5.85. The Morgan fingerprint density at radius 2 is 2.16 bits per heavy atom. The van der Waals surface area contributed by atoms with Crippen LogP contribution >= 0.6 is 0 Å². The van der Waals surface area contributed by atoms with Gasteiger partial charge in [-0.25, -0.2) is 4.98 Å². The molecule has 0 atom stereocenters. The van der Waals surface area contributed by atoms with Crippen molar-refractivity contribution in [2.45, 2.75) is 11.4 Å². The predicted octanol–water partition coefficient (Wildman–Crippen LogP) is 1.40. The quantitative estimate of drug-likeness (QED) is 0.838. The summed E-state index contributed by atoms with van der Waals surface area (Å²) in [7, 11) is -2.02. The number of aromatic amines is 1. The van der Waals surface area contributed by atoms with E-state index in [0.717, 1.165) is 5.56 Å². The molecule has 1 aromatic carbocycles. The fraction of sp³-hybridized carbons (Fsp3) is 0.250. The number of rotatable bonds is 6. The number of benzene rings is 1. The summed E-state index contributed by atoms with van der Waals surface area (Å²) in [5, 5.41) is 0.0362. The summed E-state index contributed by atoms with van der Waals surface area (Å²) >= 11 is 0. The average molecular weight is 281 g/mol. The topological polar surface area (TPSA) is 84.1 Å². The summed E-state index contributed by atoms with van der Waals surface area (Å²) in [6, 6.07) is 7.23. The molecule has 1 heterocycles. The molecule has 0 saturated carbocycles. The van der Waals surface area contributed by atoms with Crippen LogP contribution in [0.1, 0.15) is 5.56 Å². The van der Waals surface area contributed by atoms with Gasteiger partial charge in [0.2, 0.25) is 0 Å². The number of imidazole rings is 1. The van der Waals surface area contributed by atoms with Crippen molar-refractivity contribution in [3.05, 3.63) is 42.4 Å². The van der Waals surface area contributed by atoms with E-state index in [1.165, 1.54) is 12.5 Å². The lowest BCUT2D eigenvalue weighted by atomic mass is 10.1. The fourth-order valence-corrected chi connectivity index (χ4v) is 2.65. The Labute approximate surface area is 111 Å². The first kappa shape index (κ1) is 13.6. The third kappa shape index (κ3) is 3.33. The Kier molecular flexibility index (Phi) is 4.18. The van der Waals surface area contributed by atoms with Gasteiger partial charge in [0.15, 0.2) is 5.03 Å². The lowest BCUT2D eigenvalue weighted by Gasteiger charge is -2.11. The monoisotopic (exact) mass is 281 g/mol. The van der Waals surface area contributed by atoms with Crippen LogP contribution in [0.25, 0.3) is 0 Å². The molecule has 6 nitrogen and oxygen atoms in total. The first-order valence-electron chi connectivity index (χ1n) is 5.71. The molecule has 1 aromatic heterocycles. The molecule has 0 aliphatic carbocycles. The van der Waals surface area contributed by atoms with Gasteiger partial charge in [-0.05, 0) is 18.1 Å². The molecule has 0 bridgehead atoms. The first-order valence-corrected chi connectivity index (χ1v) is 7.20. The van der Waals surface area contributed by atoms with E-state index in [4.69, 9.17) is 4.74 Å². The van der Waals surface area contributed by atoms with Crippen molar-refractivity contribution in [3.63, 3.8) is 0 Å². The molecular weight excluding hydrogens is 266 g/mol. The fourth-order valence-electron chi connectivity index (χ4n) is 1.64. The second-order valence-corrected chi connectivity index (χ2v) is 5.57. The van der Waals surface area contributed by atoms with E-state index in [2.05, 4.69) is 14.7 Å². The van der Waals surface area contributed by atoms with Crippen LogP contribution < -0.4 is 4.72 Å². The van der Waals surface area contributed by atoms with E-state index in [9.17, 15) is 8.42 Å². The van der Waals surface area contributed by atoms with Crippen LogP contribution in [0.3, 0.4) is 0 Å². The van der Waals surface area contributed by atoms with Crippen molar-refractivity contribution >= 4 is 15.7 Å². The summed E-state index contributed by atoms with van der Waals surface area (Å²) in [6.45, 7) is 0.531. The molecule has 0 unspecified atom stereocenters. The van der Waals surface area contributed by atoms with Crippen LogP contribution in [0.4, 0.5) is 5.69 Å². The van der Waals surface area contributed by atoms with Crippen LogP contribution in [0.2, 0.25) is 0 Å². The van der Waals surface area contributed by atoms with E-state index < -0.39 is 10.0 Å². The Bertz CT molecular complexity index is 623. The van der Waals surface area contributed by atoms with Gasteiger partial charge in [0.25, 0.3) is 10.0 Å². The lowest BCUT2D eigenvalue weighted by molar-refractivity contribution is 0.202. The van der Waals surface area contributed by atoms with Crippen molar-refractivity contribution in [3.8, 4) is 0 Å². The van der Waals surface area contributed by atoms with Gasteiger partial charge in [-0.3, -0.25) is 4.72 Å². The van der Waals surface area contributed by atoms with Gasteiger partial charge in [0.1, 0.15) is 0 Å². The largest absolute Gasteiger partial charge is 0.384 e. The SMILES string of the molecule is COCCc1ccccc1NS(=O)(=O)c1cnc[nH]1. The van der Waals surface area contributed by atoms with Crippen LogP contribution in [-0.4, -0.2) is 32.1 Å². The molecule has 0 aliphatic heterocycles. The number of hydrogen-bond donors (Lipinski definition) is 2. The Balaban J connectivity index is 2.24. The molecule has 2 N–H and O–H groups in total. The van der Waals surface area contributed by atoms with Gasteiger partial charge in [-0.15, -0.1) is 0 Å². The van der Waals surface area contributed by atoms with Crippen molar-refractivity contribution in [1.82, 2.24) is 9.97 Å². The van der Waals surface area contributed by atoms with Crippen molar-refractivity contribution in [2.24, 2.45) is 0 Å². The summed E-state index contributed by atoms with van der Waals surface area (Å²) in [5.74, 6) is 0. The first-order chi connectivity index (χ1) is 9.13. The predicted molar refractivity (Wildman–Crippen MR) is 71.4 cm³/mol. The molecule has 19 heavy (non-hydrogen) atoms. The highest BCUT2D eigenvalue weighted by Gasteiger charge is 2.16. The van der Waals surface area contributed by atoms with Crippen LogP contribution in [0.5, 0.6) is 0 Å². The summed E-state index contributed by atoms with van der Waals surface area (Å²) < 4.78 is 31.7. The molecular formula is C12H15N3O3S. The van der Waals surface area contributed by atoms with Gasteiger partial charge < -0.3 is 9.72 Å². The number of nitrogens with one attached hydrogen (secondary N) is 2. The third-order valence-electron chi connectivity index (χ3n) is 2.60. The van der Waals surface area contributed by atoms with Gasteiger partial charge in [0, 0.05) is 7.11 Å². The third-order valence-corrected chi connectivity index (χ3v) is 3.89. The van der Waals surface area contributed by atoms with Gasteiger partial charge >= 0.3 is 0 Å². The molecule has 102 valence electrons. The zero-order valence-corrected chi connectivity index (χ0v) is 11.3. The molecule has 2 rings (SSSR count). The number of sulfonamides is 1. The Hall–Kier alpha value is -1.86. The molecule has 2 aromatic rings. The minimum Gasteiger partial charge on any atom is -0.384 e. The molecule has 0 radical (unpaired) electrons. The maximum absolute atomic E-state index is 12.1. The van der Waals surface area contributed by atoms with Crippen molar-refractivity contribution in [1.29, 1.82) is 0 Å². The van der Waals surface area contributed by atoms with Crippen LogP contribution in [0, 0.1) is 0 Å². The summed E-state index contributed by atoms with van der Waals surface area (Å²) in [4.78, 5) is 6.28. The second-order valence-electron chi connectivity index (χ2n) is 3.92. The summed E-state index contributed by atoms with van der Waals surface area (Å²) in [5.41, 5.74) is 1.43. The Morgan fingerprint density at radius 3 is 2.84 bits per heavy atom. The van der Waals surface area contributed by atoms with Gasteiger partial charge in [0.05, 0.1) is 24.8 Å². The number of hydrogen-bond acceptors (Lipinski definition) is 4. The highest BCUT2D eigenvalue weighted by Crippen LogP contribution is 2.19. The number of nitrogens with zero attached hydrogens (tertiary/aromatic N) is 1. The number of methoxy groups -OCH3 is 1. The number of H-pyrrole nitrogens is 1. The molecule has 0 saturated heterocycles. The highest BCUT2D eigenvalue weighted by atomic mass is 32.2. The van der Waals surface area contributed by atoms with Crippen molar-refractivity contribution < 1.29 is 13.2 Å². The molecule has 0 amide bonds. The van der Waals surface area contributed by atoms with E-state index in [1.54, 1.807) is 19.2 Å². The standard InChI is InChI=1S/C12H15N3O3S/c1-18-7-6-10-4-2-3-5-11(10)15-19(16,17)12-8-13-9-14-12/h2-5,8-9,15H,6-7H2,1H3,(H,13,14). The van der Waals surface area contributed by atoms with Gasteiger partial charge in [-0.2, -0.15) is 8.42 Å². The number of aromatic nitrogens is 2. The number of anilines is 1. The van der Waals surface area contributed by atoms with E-state index >= 15 is 0 Å². The molecule has 0 spiro atoms. The van der Waals surface area contributed by atoms with Gasteiger partial charge in [-0.1, -0.05) is 18.2 Å². The normalized spacial score (nSPS) is 11.4. The average Bonchev–Trinajstić information content (AvgIpc) is 2.92. The maximum Gasteiger partial charge on any atom is 0.278 e. The lowest BCUT2D eigenvalue weighted by Crippen LogP contribution is -2.15. The maximum atomic E-state index is 12.1. The molecule has 0 aliphatic rings. The molecule has 7 heteroatoms.